The van der Waals surface area contributed by atoms with Gasteiger partial charge in [-0.25, -0.2) is 4.79 Å². The number of urea groups is 1. The minimum Gasteiger partial charge on any atom is -0.396 e. The maximum Gasteiger partial charge on any atom is 0.314 e. The molecule has 0 saturated carbocycles. The zero-order valence-electron chi connectivity index (χ0n) is 11.6. The third kappa shape index (κ3) is 7.47. The highest BCUT2D eigenvalue weighted by molar-refractivity contribution is 5.73. The fraction of sp³-hybridized carbons (Fsp3) is 0.533. The lowest BCUT2D eigenvalue weighted by atomic mass is 10.1. The molecule has 106 valence electrons. The van der Waals surface area contributed by atoms with Gasteiger partial charge in [0.05, 0.1) is 0 Å². The molecule has 0 saturated heterocycles. The first kappa shape index (κ1) is 15.5. The first-order valence-electron chi connectivity index (χ1n) is 6.89. The van der Waals surface area contributed by atoms with Crippen LogP contribution in [0.15, 0.2) is 30.3 Å². The van der Waals surface area contributed by atoms with Gasteiger partial charge in [-0.15, -0.1) is 0 Å². The average molecular weight is 264 g/mol. The second-order valence-electron chi connectivity index (χ2n) is 4.84. The Morgan fingerprint density at radius 3 is 2.68 bits per heavy atom. The Morgan fingerprint density at radius 1 is 1.26 bits per heavy atom. The molecule has 0 aromatic heterocycles. The molecular weight excluding hydrogens is 240 g/mol. The van der Waals surface area contributed by atoms with Crippen molar-refractivity contribution < 1.29 is 9.90 Å². The molecule has 0 fully saturated rings. The van der Waals surface area contributed by atoms with Gasteiger partial charge in [-0.1, -0.05) is 37.3 Å². The lowest BCUT2D eigenvalue weighted by Gasteiger charge is -2.12. The van der Waals surface area contributed by atoms with Crippen molar-refractivity contribution in [3.05, 3.63) is 35.9 Å². The Labute approximate surface area is 115 Å². The molecular formula is C15H24N2O2. The number of nitrogens with one attached hydrogen (secondary N) is 2. The van der Waals surface area contributed by atoms with Gasteiger partial charge in [0.25, 0.3) is 0 Å². The van der Waals surface area contributed by atoms with Crippen LogP contribution in [-0.4, -0.2) is 30.8 Å². The number of amides is 2. The maximum absolute atomic E-state index is 11.5. The summed E-state index contributed by atoms with van der Waals surface area (Å²) in [6, 6.07) is 10.1. The Morgan fingerprint density at radius 2 is 2.00 bits per heavy atom. The third-order valence-electron chi connectivity index (χ3n) is 3.00. The van der Waals surface area contributed by atoms with E-state index in [1.807, 2.05) is 25.1 Å². The molecule has 1 rings (SSSR count). The molecule has 1 unspecified atom stereocenters. The van der Waals surface area contributed by atoms with Gasteiger partial charge < -0.3 is 15.7 Å². The lowest BCUT2D eigenvalue weighted by Crippen LogP contribution is -2.38. The highest BCUT2D eigenvalue weighted by Crippen LogP contribution is 2.01. The van der Waals surface area contributed by atoms with E-state index in [1.165, 1.54) is 5.56 Å². The van der Waals surface area contributed by atoms with E-state index in [0.717, 1.165) is 12.8 Å². The molecule has 0 bridgehead atoms. The third-order valence-corrected chi connectivity index (χ3v) is 3.00. The first-order valence-corrected chi connectivity index (χ1v) is 6.89. The number of carbonyl (C=O) groups is 1. The second-order valence-corrected chi connectivity index (χ2v) is 4.84. The smallest absolute Gasteiger partial charge is 0.314 e. The molecule has 4 nitrogen and oxygen atoms in total. The number of rotatable bonds is 8. The number of aliphatic hydroxyl groups excluding tert-OH is 1. The minimum atomic E-state index is -0.127. The summed E-state index contributed by atoms with van der Waals surface area (Å²) in [5, 5.41) is 14.4. The molecule has 19 heavy (non-hydrogen) atoms. The minimum absolute atomic E-state index is 0.127. The van der Waals surface area contributed by atoms with Crippen molar-refractivity contribution in [2.75, 3.05) is 19.7 Å². The Balaban J connectivity index is 2.04. The van der Waals surface area contributed by atoms with Crippen LogP contribution < -0.4 is 10.6 Å². The molecule has 4 heteroatoms. The van der Waals surface area contributed by atoms with Crippen molar-refractivity contribution in [1.82, 2.24) is 10.6 Å². The van der Waals surface area contributed by atoms with Gasteiger partial charge in [-0.2, -0.15) is 0 Å². The highest BCUT2D eigenvalue weighted by Gasteiger charge is 2.04. The maximum atomic E-state index is 11.5. The highest BCUT2D eigenvalue weighted by atomic mass is 16.3. The van der Waals surface area contributed by atoms with Crippen LogP contribution in [0, 0.1) is 5.92 Å². The summed E-state index contributed by atoms with van der Waals surface area (Å²) in [7, 11) is 0. The van der Waals surface area contributed by atoms with Crippen LogP contribution in [0.2, 0.25) is 0 Å². The predicted octanol–water partition coefficient (Wildman–Crippen LogP) is 1.94. The fourth-order valence-corrected chi connectivity index (χ4v) is 1.79. The summed E-state index contributed by atoms with van der Waals surface area (Å²) in [4.78, 5) is 11.5. The predicted molar refractivity (Wildman–Crippen MR) is 77.0 cm³/mol. The van der Waals surface area contributed by atoms with Gasteiger partial charge in [0.2, 0.25) is 0 Å². The lowest BCUT2D eigenvalue weighted by molar-refractivity contribution is 0.234. The van der Waals surface area contributed by atoms with Crippen LogP contribution in [0.3, 0.4) is 0 Å². The molecule has 3 N–H and O–H groups in total. The van der Waals surface area contributed by atoms with Crippen molar-refractivity contribution in [3.8, 4) is 0 Å². The van der Waals surface area contributed by atoms with Crippen molar-refractivity contribution in [2.24, 2.45) is 5.92 Å². The Hall–Kier alpha value is -1.55. The van der Waals surface area contributed by atoms with E-state index in [-0.39, 0.29) is 12.6 Å². The van der Waals surface area contributed by atoms with E-state index in [9.17, 15) is 4.79 Å². The van der Waals surface area contributed by atoms with Crippen LogP contribution >= 0.6 is 0 Å². The van der Waals surface area contributed by atoms with Gasteiger partial charge >= 0.3 is 6.03 Å². The number of hydrogen-bond donors (Lipinski definition) is 3. The zero-order chi connectivity index (χ0) is 13.9. The molecule has 0 aliphatic heterocycles. The molecule has 0 aliphatic rings. The van der Waals surface area contributed by atoms with Crippen molar-refractivity contribution >= 4 is 6.03 Å². The molecule has 1 atom stereocenters. The molecule has 2 amide bonds. The van der Waals surface area contributed by atoms with E-state index in [2.05, 4.69) is 22.8 Å². The van der Waals surface area contributed by atoms with Crippen molar-refractivity contribution in [1.29, 1.82) is 0 Å². The fourth-order valence-electron chi connectivity index (χ4n) is 1.79. The topological polar surface area (TPSA) is 61.4 Å². The SMILES string of the molecule is CC(CCO)CNC(=O)NCCCc1ccccc1. The summed E-state index contributed by atoms with van der Waals surface area (Å²) in [6.45, 7) is 3.45. The van der Waals surface area contributed by atoms with Crippen LogP contribution in [-0.2, 0) is 6.42 Å². The van der Waals surface area contributed by atoms with E-state index in [1.54, 1.807) is 0 Å². The standard InChI is InChI=1S/C15H24N2O2/c1-13(9-11-18)12-17-15(19)16-10-5-8-14-6-3-2-4-7-14/h2-4,6-7,13,18H,5,8-12H2,1H3,(H2,16,17,19). The summed E-state index contributed by atoms with van der Waals surface area (Å²) in [5.74, 6) is 0.306. The zero-order valence-corrected chi connectivity index (χ0v) is 11.6. The number of carbonyl (C=O) groups excluding carboxylic acids is 1. The molecule has 0 spiro atoms. The van der Waals surface area contributed by atoms with Crippen LogP contribution in [0.1, 0.15) is 25.3 Å². The number of aryl methyl sites for hydroxylation is 1. The molecule has 0 radical (unpaired) electrons. The van der Waals surface area contributed by atoms with Crippen LogP contribution in [0.5, 0.6) is 0 Å². The second kappa shape index (κ2) is 9.39. The summed E-state index contributed by atoms with van der Waals surface area (Å²) in [6.07, 6.45) is 2.62. The van der Waals surface area contributed by atoms with Gasteiger partial charge in [-0.3, -0.25) is 0 Å². The first-order chi connectivity index (χ1) is 9.22. The number of aliphatic hydroxyl groups is 1. The molecule has 1 aromatic carbocycles. The van der Waals surface area contributed by atoms with E-state index < -0.39 is 0 Å². The van der Waals surface area contributed by atoms with Crippen LogP contribution in [0.25, 0.3) is 0 Å². The normalized spacial score (nSPS) is 11.9. The number of benzene rings is 1. The van der Waals surface area contributed by atoms with Crippen LogP contribution in [0.4, 0.5) is 4.79 Å². The van der Waals surface area contributed by atoms with Gasteiger partial charge in [0.15, 0.2) is 0 Å². The van der Waals surface area contributed by atoms with Gasteiger partial charge in [0, 0.05) is 19.7 Å². The van der Waals surface area contributed by atoms with Gasteiger partial charge in [0.1, 0.15) is 0 Å². The van der Waals surface area contributed by atoms with Crippen molar-refractivity contribution in [2.45, 2.75) is 26.2 Å². The molecule has 0 heterocycles. The van der Waals surface area contributed by atoms with E-state index in [0.29, 0.717) is 25.4 Å². The Kier molecular flexibility index (Phi) is 7.66. The van der Waals surface area contributed by atoms with Gasteiger partial charge in [-0.05, 0) is 30.7 Å². The Bertz CT molecular complexity index is 354. The van der Waals surface area contributed by atoms with E-state index in [4.69, 9.17) is 5.11 Å². The monoisotopic (exact) mass is 264 g/mol. The molecule has 1 aromatic rings. The quantitative estimate of drug-likeness (QED) is 0.628. The number of hydrogen-bond acceptors (Lipinski definition) is 2. The largest absolute Gasteiger partial charge is 0.396 e. The summed E-state index contributed by atoms with van der Waals surface area (Å²) in [5.41, 5.74) is 1.29. The summed E-state index contributed by atoms with van der Waals surface area (Å²) >= 11 is 0. The molecule has 0 aliphatic carbocycles. The van der Waals surface area contributed by atoms with E-state index >= 15 is 0 Å². The van der Waals surface area contributed by atoms with Crippen molar-refractivity contribution in [3.63, 3.8) is 0 Å². The summed E-state index contributed by atoms with van der Waals surface area (Å²) < 4.78 is 0. The average Bonchev–Trinajstić information content (AvgIpc) is 2.43.